The first kappa shape index (κ1) is 14.5. The first-order chi connectivity index (χ1) is 9.65. The summed E-state index contributed by atoms with van der Waals surface area (Å²) < 4.78 is 1.98. The maximum absolute atomic E-state index is 10.8. The van der Waals surface area contributed by atoms with E-state index in [4.69, 9.17) is 10.8 Å². The third-order valence-electron chi connectivity index (χ3n) is 2.86. The van der Waals surface area contributed by atoms with Crippen LogP contribution in [-0.4, -0.2) is 25.8 Å². The van der Waals surface area contributed by atoms with E-state index >= 15 is 0 Å². The van der Waals surface area contributed by atoms with Gasteiger partial charge in [-0.1, -0.05) is 23.9 Å². The summed E-state index contributed by atoms with van der Waals surface area (Å²) in [5, 5.41) is 17.8. The highest BCUT2D eigenvalue weighted by Gasteiger charge is 2.10. The lowest BCUT2D eigenvalue weighted by Gasteiger charge is -2.06. The predicted molar refractivity (Wildman–Crippen MR) is 76.5 cm³/mol. The molecule has 1 heterocycles. The molecule has 1 aromatic carbocycles. The van der Waals surface area contributed by atoms with Gasteiger partial charge in [0.25, 0.3) is 0 Å². The largest absolute Gasteiger partial charge is 0.478 e. The third kappa shape index (κ3) is 3.17. The molecule has 7 heteroatoms. The van der Waals surface area contributed by atoms with Crippen molar-refractivity contribution >= 4 is 17.7 Å². The molecule has 0 aliphatic carbocycles. The summed E-state index contributed by atoms with van der Waals surface area (Å²) in [4.78, 5) is 10.8. The van der Waals surface area contributed by atoms with E-state index in [-0.39, 0.29) is 0 Å². The summed E-state index contributed by atoms with van der Waals surface area (Å²) >= 11 is 1.56. The normalized spacial score (nSPS) is 10.7. The summed E-state index contributed by atoms with van der Waals surface area (Å²) in [6.45, 7) is 3.17. The minimum absolute atomic E-state index is 0.292. The summed E-state index contributed by atoms with van der Waals surface area (Å²) in [5.74, 6) is 0.571. The maximum Gasteiger partial charge on any atom is 0.335 e. The molecule has 106 valence electrons. The summed E-state index contributed by atoms with van der Waals surface area (Å²) in [5.41, 5.74) is 6.94. The molecule has 0 saturated heterocycles. The monoisotopic (exact) mass is 292 g/mol. The second kappa shape index (κ2) is 6.53. The van der Waals surface area contributed by atoms with E-state index in [1.807, 2.05) is 23.6 Å². The van der Waals surface area contributed by atoms with Crippen molar-refractivity contribution in [1.82, 2.24) is 14.8 Å². The molecular weight excluding hydrogens is 276 g/mol. The van der Waals surface area contributed by atoms with Crippen LogP contribution in [0, 0.1) is 0 Å². The van der Waals surface area contributed by atoms with Gasteiger partial charge in [0.1, 0.15) is 5.82 Å². The number of aromatic nitrogens is 3. The molecule has 6 nitrogen and oxygen atoms in total. The van der Waals surface area contributed by atoms with Crippen LogP contribution in [0.2, 0.25) is 0 Å². The zero-order valence-electron chi connectivity index (χ0n) is 11.1. The number of carbonyl (C=O) groups is 1. The molecule has 20 heavy (non-hydrogen) atoms. The van der Waals surface area contributed by atoms with Gasteiger partial charge in [0.2, 0.25) is 0 Å². The lowest BCUT2D eigenvalue weighted by molar-refractivity contribution is 0.0697. The van der Waals surface area contributed by atoms with Crippen LogP contribution in [0.1, 0.15) is 28.7 Å². The van der Waals surface area contributed by atoms with Crippen LogP contribution in [0.15, 0.2) is 29.4 Å². The highest BCUT2D eigenvalue weighted by Crippen LogP contribution is 2.22. The van der Waals surface area contributed by atoms with E-state index in [2.05, 4.69) is 10.2 Å². The molecular formula is C13H16N4O2S. The molecule has 0 atom stereocenters. The number of hydrogen-bond donors (Lipinski definition) is 2. The van der Waals surface area contributed by atoms with Gasteiger partial charge < -0.3 is 15.4 Å². The van der Waals surface area contributed by atoms with Crippen LogP contribution in [-0.2, 0) is 18.8 Å². The van der Waals surface area contributed by atoms with Crippen molar-refractivity contribution in [3.63, 3.8) is 0 Å². The molecule has 2 rings (SSSR count). The molecule has 0 aliphatic rings. The SMILES string of the molecule is CCn1c(CN)nnc1SCc1ccc(C(=O)O)cc1. The molecule has 0 saturated carbocycles. The van der Waals surface area contributed by atoms with Crippen LogP contribution in [0.25, 0.3) is 0 Å². The van der Waals surface area contributed by atoms with Crippen LogP contribution in [0.5, 0.6) is 0 Å². The highest BCUT2D eigenvalue weighted by atomic mass is 32.2. The van der Waals surface area contributed by atoms with Gasteiger partial charge in [0, 0.05) is 12.3 Å². The van der Waals surface area contributed by atoms with Crippen LogP contribution >= 0.6 is 11.8 Å². The summed E-state index contributed by atoms with van der Waals surface area (Å²) in [6, 6.07) is 6.84. The Kier molecular flexibility index (Phi) is 4.75. The molecule has 0 aliphatic heterocycles. The molecule has 0 fully saturated rings. The molecule has 0 radical (unpaired) electrons. The van der Waals surface area contributed by atoms with Gasteiger partial charge in [-0.2, -0.15) is 0 Å². The van der Waals surface area contributed by atoms with Gasteiger partial charge in [0.15, 0.2) is 5.16 Å². The average molecular weight is 292 g/mol. The van der Waals surface area contributed by atoms with Crippen molar-refractivity contribution in [2.45, 2.75) is 30.9 Å². The number of benzene rings is 1. The number of rotatable bonds is 6. The number of hydrogen-bond acceptors (Lipinski definition) is 5. The minimum atomic E-state index is -0.914. The van der Waals surface area contributed by atoms with E-state index in [0.29, 0.717) is 17.9 Å². The summed E-state index contributed by atoms with van der Waals surface area (Å²) in [6.07, 6.45) is 0. The zero-order valence-corrected chi connectivity index (χ0v) is 11.9. The fraction of sp³-hybridized carbons (Fsp3) is 0.308. The third-order valence-corrected chi connectivity index (χ3v) is 3.90. The molecule has 0 unspecified atom stereocenters. The van der Waals surface area contributed by atoms with E-state index in [1.165, 1.54) is 0 Å². The Morgan fingerprint density at radius 2 is 2.05 bits per heavy atom. The van der Waals surface area contributed by atoms with E-state index in [9.17, 15) is 4.79 Å². The van der Waals surface area contributed by atoms with Crippen molar-refractivity contribution in [2.75, 3.05) is 0 Å². The Labute approximate surface area is 121 Å². The van der Waals surface area contributed by atoms with Crippen molar-refractivity contribution in [1.29, 1.82) is 0 Å². The smallest absolute Gasteiger partial charge is 0.335 e. The quantitative estimate of drug-likeness (QED) is 0.788. The number of nitrogens with zero attached hydrogens (tertiary/aromatic N) is 3. The van der Waals surface area contributed by atoms with E-state index in [1.54, 1.807) is 23.9 Å². The van der Waals surface area contributed by atoms with Crippen LogP contribution in [0.4, 0.5) is 0 Å². The van der Waals surface area contributed by atoms with Gasteiger partial charge in [-0.15, -0.1) is 10.2 Å². The van der Waals surface area contributed by atoms with E-state index < -0.39 is 5.97 Å². The number of aromatic carboxylic acids is 1. The lowest BCUT2D eigenvalue weighted by atomic mass is 10.1. The first-order valence-corrected chi connectivity index (χ1v) is 7.21. The average Bonchev–Trinajstić information content (AvgIpc) is 2.87. The molecule has 3 N–H and O–H groups in total. The van der Waals surface area contributed by atoms with Gasteiger partial charge in [-0.3, -0.25) is 0 Å². The Balaban J connectivity index is 2.05. The zero-order chi connectivity index (χ0) is 14.5. The minimum Gasteiger partial charge on any atom is -0.478 e. The highest BCUT2D eigenvalue weighted by molar-refractivity contribution is 7.98. The Morgan fingerprint density at radius 3 is 2.60 bits per heavy atom. The number of carboxylic acid groups (broad SMARTS) is 1. The second-order valence-electron chi connectivity index (χ2n) is 4.14. The number of nitrogens with two attached hydrogens (primary N) is 1. The second-order valence-corrected chi connectivity index (χ2v) is 5.08. The van der Waals surface area contributed by atoms with Crippen LogP contribution in [0.3, 0.4) is 0 Å². The predicted octanol–water partition coefficient (Wildman–Crippen LogP) is 1.75. The van der Waals surface area contributed by atoms with Gasteiger partial charge in [0.05, 0.1) is 12.1 Å². The fourth-order valence-corrected chi connectivity index (χ4v) is 2.76. The summed E-state index contributed by atoms with van der Waals surface area (Å²) in [7, 11) is 0. The van der Waals surface area contributed by atoms with Crippen LogP contribution < -0.4 is 5.73 Å². The number of thioether (sulfide) groups is 1. The molecule has 0 bridgehead atoms. The molecule has 1 aromatic heterocycles. The van der Waals surface area contributed by atoms with E-state index in [0.717, 1.165) is 23.1 Å². The number of carboxylic acids is 1. The molecule has 0 amide bonds. The van der Waals surface area contributed by atoms with Gasteiger partial charge >= 0.3 is 5.97 Å². The lowest BCUT2D eigenvalue weighted by Crippen LogP contribution is -2.08. The Bertz CT molecular complexity index is 595. The van der Waals surface area contributed by atoms with Gasteiger partial charge in [-0.05, 0) is 24.6 Å². The van der Waals surface area contributed by atoms with Crippen molar-refractivity contribution in [3.8, 4) is 0 Å². The fourth-order valence-electron chi connectivity index (χ4n) is 1.79. The molecule has 0 spiro atoms. The topological polar surface area (TPSA) is 94.0 Å². The van der Waals surface area contributed by atoms with Crippen molar-refractivity contribution in [3.05, 3.63) is 41.2 Å². The Morgan fingerprint density at radius 1 is 1.35 bits per heavy atom. The Hall–Kier alpha value is -1.86. The van der Waals surface area contributed by atoms with Gasteiger partial charge in [-0.25, -0.2) is 4.79 Å². The first-order valence-electron chi connectivity index (χ1n) is 6.23. The van der Waals surface area contributed by atoms with Crippen molar-refractivity contribution < 1.29 is 9.90 Å². The maximum atomic E-state index is 10.8. The molecule has 2 aromatic rings. The standard InChI is InChI=1S/C13H16N4O2S/c1-2-17-11(7-14)15-16-13(17)20-8-9-3-5-10(6-4-9)12(18)19/h3-6H,2,7-8,14H2,1H3,(H,18,19). The van der Waals surface area contributed by atoms with Crippen molar-refractivity contribution in [2.24, 2.45) is 5.73 Å².